The van der Waals surface area contributed by atoms with Crippen LogP contribution in [0.1, 0.15) is 6.92 Å². The van der Waals surface area contributed by atoms with Gasteiger partial charge in [0.2, 0.25) is 5.91 Å². The number of amides is 1. The van der Waals surface area contributed by atoms with Gasteiger partial charge in [-0.1, -0.05) is 15.9 Å². The van der Waals surface area contributed by atoms with Gasteiger partial charge in [-0.05, 0) is 35.0 Å². The molecular weight excluding hydrogens is 300 g/mol. The van der Waals surface area contributed by atoms with Crippen molar-refractivity contribution >= 4 is 43.5 Å². The minimum Gasteiger partial charge on any atom is -0.324 e. The van der Waals surface area contributed by atoms with Crippen molar-refractivity contribution < 1.29 is 4.79 Å². The number of nitrogens with zero attached hydrogens (tertiary/aromatic N) is 1. The fourth-order valence-corrected chi connectivity index (χ4v) is 1.04. The summed E-state index contributed by atoms with van der Waals surface area (Å²) in [6, 6.07) is 3.55. The maximum absolute atomic E-state index is 11.2. The van der Waals surface area contributed by atoms with Crippen molar-refractivity contribution in [2.45, 2.75) is 11.8 Å². The molecule has 0 saturated heterocycles. The molecule has 0 radical (unpaired) electrons. The molecule has 0 fully saturated rings. The van der Waals surface area contributed by atoms with Gasteiger partial charge < -0.3 is 5.32 Å². The van der Waals surface area contributed by atoms with Crippen molar-refractivity contribution in [2.24, 2.45) is 0 Å². The van der Waals surface area contributed by atoms with Gasteiger partial charge in [-0.15, -0.1) is 0 Å². The molecular formula is C8H8Br2N2O. The van der Waals surface area contributed by atoms with E-state index in [1.54, 1.807) is 25.3 Å². The smallest absolute Gasteiger partial charge is 0.237 e. The molecule has 3 nitrogen and oxygen atoms in total. The molecule has 1 unspecified atom stereocenters. The predicted molar refractivity (Wildman–Crippen MR) is 59.0 cm³/mol. The Morgan fingerprint density at radius 3 is 2.77 bits per heavy atom. The summed E-state index contributed by atoms with van der Waals surface area (Å²) in [4.78, 5) is 15.0. The van der Waals surface area contributed by atoms with E-state index in [2.05, 4.69) is 42.2 Å². The number of hydrogen-bond acceptors (Lipinski definition) is 2. The number of carbonyl (C=O) groups is 1. The fraction of sp³-hybridized carbons (Fsp3) is 0.250. The molecule has 0 bridgehead atoms. The highest BCUT2D eigenvalue weighted by Crippen LogP contribution is 2.11. The van der Waals surface area contributed by atoms with Crippen LogP contribution in [0.3, 0.4) is 0 Å². The van der Waals surface area contributed by atoms with E-state index in [1.807, 2.05) is 0 Å². The van der Waals surface area contributed by atoms with Crippen molar-refractivity contribution in [3.63, 3.8) is 0 Å². The van der Waals surface area contributed by atoms with E-state index in [1.165, 1.54) is 0 Å². The lowest BCUT2D eigenvalue weighted by molar-refractivity contribution is -0.115. The molecule has 1 amide bonds. The van der Waals surface area contributed by atoms with Crippen LogP contribution in [-0.4, -0.2) is 15.7 Å². The number of carbonyl (C=O) groups excluding carboxylic acids is 1. The van der Waals surface area contributed by atoms with Gasteiger partial charge in [0.15, 0.2) is 0 Å². The van der Waals surface area contributed by atoms with Crippen molar-refractivity contribution in [1.29, 1.82) is 0 Å². The highest BCUT2D eigenvalue weighted by Gasteiger charge is 2.08. The number of halogens is 2. The summed E-state index contributed by atoms with van der Waals surface area (Å²) in [6.07, 6.45) is 1.59. The zero-order valence-electron chi connectivity index (χ0n) is 6.92. The van der Waals surface area contributed by atoms with E-state index in [-0.39, 0.29) is 10.7 Å². The fourth-order valence-electron chi connectivity index (χ4n) is 0.691. The van der Waals surface area contributed by atoms with Crippen LogP contribution in [0.25, 0.3) is 0 Å². The highest BCUT2D eigenvalue weighted by atomic mass is 79.9. The molecule has 0 aliphatic heterocycles. The molecule has 1 N–H and O–H groups in total. The third-order valence-corrected chi connectivity index (χ3v) is 2.24. The first-order valence-electron chi connectivity index (χ1n) is 3.66. The molecule has 13 heavy (non-hydrogen) atoms. The molecule has 0 saturated carbocycles. The second kappa shape index (κ2) is 4.72. The quantitative estimate of drug-likeness (QED) is 0.674. The lowest BCUT2D eigenvalue weighted by Gasteiger charge is -2.05. The number of pyridine rings is 1. The third kappa shape index (κ3) is 3.44. The molecule has 1 atom stereocenters. The van der Waals surface area contributed by atoms with Crippen LogP contribution in [0.5, 0.6) is 0 Å². The molecule has 1 rings (SSSR count). The topological polar surface area (TPSA) is 42.0 Å². The van der Waals surface area contributed by atoms with Crippen LogP contribution >= 0.6 is 31.9 Å². The second-order valence-corrected chi connectivity index (χ2v) is 4.66. The van der Waals surface area contributed by atoms with Gasteiger partial charge in [0.05, 0.1) is 16.7 Å². The lowest BCUT2D eigenvalue weighted by atomic mass is 10.4. The SMILES string of the molecule is CC(Br)C(=O)Nc1ccc(Br)nc1. The molecule has 0 aliphatic rings. The Kier molecular flexibility index (Phi) is 3.87. The van der Waals surface area contributed by atoms with E-state index >= 15 is 0 Å². The minimum atomic E-state index is -0.198. The van der Waals surface area contributed by atoms with Crippen LogP contribution in [0.4, 0.5) is 5.69 Å². The zero-order valence-corrected chi connectivity index (χ0v) is 10.1. The summed E-state index contributed by atoms with van der Waals surface area (Å²) in [5, 5.41) is 2.70. The number of rotatable bonds is 2. The van der Waals surface area contributed by atoms with E-state index in [0.29, 0.717) is 5.69 Å². The van der Waals surface area contributed by atoms with Crippen LogP contribution < -0.4 is 5.32 Å². The molecule has 1 aromatic heterocycles. The number of nitrogens with one attached hydrogen (secondary N) is 1. The largest absolute Gasteiger partial charge is 0.324 e. The molecule has 0 aromatic carbocycles. The molecule has 0 spiro atoms. The van der Waals surface area contributed by atoms with E-state index in [9.17, 15) is 4.79 Å². The average Bonchev–Trinajstić information content (AvgIpc) is 2.08. The number of hydrogen-bond donors (Lipinski definition) is 1. The summed E-state index contributed by atoms with van der Waals surface area (Å²) in [6.45, 7) is 1.77. The Bertz CT molecular complexity index is 298. The molecule has 1 aromatic rings. The lowest BCUT2D eigenvalue weighted by Crippen LogP contribution is -2.19. The van der Waals surface area contributed by atoms with Crippen molar-refractivity contribution in [3.05, 3.63) is 22.9 Å². The summed E-state index contributed by atoms with van der Waals surface area (Å²) in [5.41, 5.74) is 0.694. The minimum absolute atomic E-state index is 0.0795. The van der Waals surface area contributed by atoms with Gasteiger partial charge in [-0.2, -0.15) is 0 Å². The number of aromatic nitrogens is 1. The molecule has 5 heteroatoms. The first-order valence-corrected chi connectivity index (χ1v) is 5.37. The Morgan fingerprint density at radius 1 is 1.62 bits per heavy atom. The van der Waals surface area contributed by atoms with Crippen molar-refractivity contribution in [1.82, 2.24) is 4.98 Å². The van der Waals surface area contributed by atoms with E-state index < -0.39 is 0 Å². The van der Waals surface area contributed by atoms with Crippen LogP contribution in [-0.2, 0) is 4.79 Å². The molecule has 0 aliphatic carbocycles. The monoisotopic (exact) mass is 306 g/mol. The number of alkyl halides is 1. The zero-order chi connectivity index (χ0) is 9.84. The highest BCUT2D eigenvalue weighted by molar-refractivity contribution is 9.10. The predicted octanol–water partition coefficient (Wildman–Crippen LogP) is 2.57. The Morgan fingerprint density at radius 2 is 2.31 bits per heavy atom. The van der Waals surface area contributed by atoms with E-state index in [4.69, 9.17) is 0 Å². The van der Waals surface area contributed by atoms with Gasteiger partial charge in [-0.3, -0.25) is 4.79 Å². The summed E-state index contributed by atoms with van der Waals surface area (Å²) in [7, 11) is 0. The summed E-state index contributed by atoms with van der Waals surface area (Å²) >= 11 is 6.38. The van der Waals surface area contributed by atoms with Crippen LogP contribution in [0.15, 0.2) is 22.9 Å². The Balaban J connectivity index is 2.65. The average molecular weight is 308 g/mol. The third-order valence-electron chi connectivity index (χ3n) is 1.36. The van der Waals surface area contributed by atoms with Gasteiger partial charge >= 0.3 is 0 Å². The second-order valence-electron chi connectivity index (χ2n) is 2.47. The normalized spacial score (nSPS) is 12.2. The van der Waals surface area contributed by atoms with Crippen LogP contribution in [0.2, 0.25) is 0 Å². The first-order chi connectivity index (χ1) is 6.09. The Hall–Kier alpha value is -0.420. The van der Waals surface area contributed by atoms with Crippen LogP contribution in [0, 0.1) is 0 Å². The molecule has 1 heterocycles. The maximum Gasteiger partial charge on any atom is 0.237 e. The van der Waals surface area contributed by atoms with Gasteiger partial charge in [0, 0.05) is 0 Å². The maximum atomic E-state index is 11.2. The summed E-state index contributed by atoms with van der Waals surface area (Å²) < 4.78 is 0.748. The van der Waals surface area contributed by atoms with Crippen molar-refractivity contribution in [2.75, 3.05) is 5.32 Å². The van der Waals surface area contributed by atoms with Gasteiger partial charge in [0.1, 0.15) is 4.60 Å². The van der Waals surface area contributed by atoms with Gasteiger partial charge in [0.25, 0.3) is 0 Å². The standard InChI is InChI=1S/C8H8Br2N2O/c1-5(9)8(13)12-6-2-3-7(10)11-4-6/h2-5H,1H3,(H,12,13). The number of anilines is 1. The van der Waals surface area contributed by atoms with Crippen molar-refractivity contribution in [3.8, 4) is 0 Å². The summed E-state index contributed by atoms with van der Waals surface area (Å²) in [5.74, 6) is -0.0795. The first kappa shape index (κ1) is 10.7. The Labute approximate surface area is 93.2 Å². The molecule has 70 valence electrons. The van der Waals surface area contributed by atoms with E-state index in [0.717, 1.165) is 4.60 Å². The van der Waals surface area contributed by atoms with Gasteiger partial charge in [-0.25, -0.2) is 4.98 Å².